The molecular weight excluding hydrogens is 284 g/mol. The summed E-state index contributed by atoms with van der Waals surface area (Å²) < 4.78 is 5.29. The minimum Gasteiger partial charge on any atom is -0.379 e. The van der Waals surface area contributed by atoms with Gasteiger partial charge in [-0.3, -0.25) is 4.79 Å². The minimum atomic E-state index is -0.267. The molecule has 110 valence electrons. The van der Waals surface area contributed by atoms with Crippen LogP contribution in [0.15, 0.2) is 47.8 Å². The molecule has 0 spiro atoms. The van der Waals surface area contributed by atoms with Crippen LogP contribution in [0.3, 0.4) is 0 Å². The average Bonchev–Trinajstić information content (AvgIpc) is 3.17. The van der Waals surface area contributed by atoms with Crippen molar-refractivity contribution >= 4 is 17.2 Å². The highest BCUT2D eigenvalue weighted by Gasteiger charge is 2.33. The van der Waals surface area contributed by atoms with Crippen LogP contribution in [0, 0.1) is 5.92 Å². The molecule has 3 N–H and O–H groups in total. The summed E-state index contributed by atoms with van der Waals surface area (Å²) in [6.07, 6.45) is 0. The largest absolute Gasteiger partial charge is 0.379 e. The van der Waals surface area contributed by atoms with Gasteiger partial charge in [-0.15, -0.1) is 11.3 Å². The van der Waals surface area contributed by atoms with Gasteiger partial charge in [0.25, 0.3) is 0 Å². The van der Waals surface area contributed by atoms with Crippen LogP contribution in [0.25, 0.3) is 0 Å². The lowest BCUT2D eigenvalue weighted by atomic mass is 10.0. The average molecular weight is 302 g/mol. The van der Waals surface area contributed by atoms with Gasteiger partial charge in [0, 0.05) is 10.9 Å². The lowest BCUT2D eigenvalue weighted by Crippen LogP contribution is -2.42. The lowest BCUT2D eigenvalue weighted by molar-refractivity contribution is -0.125. The van der Waals surface area contributed by atoms with Crippen LogP contribution >= 0.6 is 11.3 Å². The topological polar surface area (TPSA) is 64.3 Å². The van der Waals surface area contributed by atoms with Crippen molar-refractivity contribution in [2.75, 3.05) is 13.2 Å². The van der Waals surface area contributed by atoms with Crippen molar-refractivity contribution in [3.8, 4) is 0 Å². The number of benzene rings is 1. The van der Waals surface area contributed by atoms with E-state index in [0.29, 0.717) is 13.2 Å². The van der Waals surface area contributed by atoms with Gasteiger partial charge in [-0.1, -0.05) is 36.4 Å². The van der Waals surface area contributed by atoms with E-state index in [2.05, 4.69) is 5.32 Å². The first-order valence-corrected chi connectivity index (χ1v) is 7.85. The highest BCUT2D eigenvalue weighted by atomic mass is 32.1. The maximum absolute atomic E-state index is 12.5. The molecule has 4 nitrogen and oxygen atoms in total. The van der Waals surface area contributed by atoms with Crippen LogP contribution in [0.1, 0.15) is 16.5 Å². The summed E-state index contributed by atoms with van der Waals surface area (Å²) in [5.41, 5.74) is 7.00. The summed E-state index contributed by atoms with van der Waals surface area (Å²) in [7, 11) is 0. The van der Waals surface area contributed by atoms with Crippen molar-refractivity contribution in [3.05, 3.63) is 58.3 Å². The number of amides is 1. The van der Waals surface area contributed by atoms with E-state index < -0.39 is 0 Å². The van der Waals surface area contributed by atoms with Gasteiger partial charge in [0.2, 0.25) is 5.91 Å². The third-order valence-electron chi connectivity index (χ3n) is 3.71. The molecule has 2 heterocycles. The zero-order valence-corrected chi connectivity index (χ0v) is 12.4. The molecule has 3 atom stereocenters. The molecule has 1 fully saturated rings. The Labute approximate surface area is 127 Å². The Hall–Kier alpha value is -1.69. The fourth-order valence-electron chi connectivity index (χ4n) is 2.51. The fourth-order valence-corrected chi connectivity index (χ4v) is 3.31. The van der Waals surface area contributed by atoms with Gasteiger partial charge in [-0.25, -0.2) is 0 Å². The van der Waals surface area contributed by atoms with Crippen molar-refractivity contribution in [1.29, 1.82) is 0 Å². The summed E-state index contributed by atoms with van der Waals surface area (Å²) in [6.45, 7) is 0.853. The number of carbonyl (C=O) groups is 1. The summed E-state index contributed by atoms with van der Waals surface area (Å²) in [5, 5.41) is 5.14. The zero-order chi connectivity index (χ0) is 14.7. The Morgan fingerprint density at radius 3 is 2.67 bits per heavy atom. The third kappa shape index (κ3) is 3.15. The SMILES string of the molecule is NC1COCC1C(=O)NC(c1ccccc1)c1cccs1. The van der Waals surface area contributed by atoms with E-state index in [9.17, 15) is 4.79 Å². The fraction of sp³-hybridized carbons (Fsp3) is 0.312. The number of nitrogens with two attached hydrogens (primary N) is 1. The number of rotatable bonds is 4. The molecule has 21 heavy (non-hydrogen) atoms. The number of thiophene rings is 1. The number of nitrogens with one attached hydrogen (secondary N) is 1. The second kappa shape index (κ2) is 6.39. The van der Waals surface area contributed by atoms with E-state index in [1.54, 1.807) is 11.3 Å². The number of hydrogen-bond donors (Lipinski definition) is 2. The molecule has 1 saturated heterocycles. The smallest absolute Gasteiger partial charge is 0.227 e. The van der Waals surface area contributed by atoms with E-state index in [0.717, 1.165) is 10.4 Å². The molecule has 1 aromatic carbocycles. The van der Waals surface area contributed by atoms with Crippen molar-refractivity contribution in [2.24, 2.45) is 11.7 Å². The predicted octanol–water partition coefficient (Wildman–Crippen LogP) is 1.93. The molecule has 3 rings (SSSR count). The van der Waals surface area contributed by atoms with Crippen molar-refractivity contribution in [1.82, 2.24) is 5.32 Å². The highest BCUT2D eigenvalue weighted by molar-refractivity contribution is 7.10. The molecule has 1 amide bonds. The van der Waals surface area contributed by atoms with E-state index in [4.69, 9.17) is 10.5 Å². The normalized spacial score (nSPS) is 22.9. The van der Waals surface area contributed by atoms with E-state index >= 15 is 0 Å². The van der Waals surface area contributed by atoms with E-state index in [1.807, 2.05) is 47.8 Å². The molecule has 1 aliphatic heterocycles. The molecule has 3 unspecified atom stereocenters. The first-order chi connectivity index (χ1) is 10.3. The maximum atomic E-state index is 12.5. The number of ether oxygens (including phenoxy) is 1. The molecule has 1 aliphatic rings. The molecule has 1 aromatic heterocycles. The lowest BCUT2D eigenvalue weighted by Gasteiger charge is -2.21. The van der Waals surface area contributed by atoms with Gasteiger partial charge in [0.05, 0.1) is 25.2 Å². The third-order valence-corrected chi connectivity index (χ3v) is 4.65. The Bertz CT molecular complexity index is 586. The van der Waals surface area contributed by atoms with Crippen LogP contribution in [-0.2, 0) is 9.53 Å². The highest BCUT2D eigenvalue weighted by Crippen LogP contribution is 2.26. The molecule has 0 aliphatic carbocycles. The first-order valence-electron chi connectivity index (χ1n) is 6.98. The maximum Gasteiger partial charge on any atom is 0.227 e. The van der Waals surface area contributed by atoms with Crippen LogP contribution in [0.2, 0.25) is 0 Å². The van der Waals surface area contributed by atoms with Crippen molar-refractivity contribution in [3.63, 3.8) is 0 Å². The van der Waals surface area contributed by atoms with Gasteiger partial charge in [0.1, 0.15) is 0 Å². The molecule has 5 heteroatoms. The summed E-state index contributed by atoms with van der Waals surface area (Å²) in [4.78, 5) is 13.6. The van der Waals surface area contributed by atoms with Crippen molar-refractivity contribution < 1.29 is 9.53 Å². The summed E-state index contributed by atoms with van der Waals surface area (Å²) >= 11 is 1.63. The molecule has 0 radical (unpaired) electrons. The Kier molecular flexibility index (Phi) is 4.34. The number of hydrogen-bond acceptors (Lipinski definition) is 4. The van der Waals surface area contributed by atoms with Crippen LogP contribution in [0.5, 0.6) is 0 Å². The second-order valence-corrected chi connectivity index (χ2v) is 6.15. The summed E-state index contributed by atoms with van der Waals surface area (Å²) in [6, 6.07) is 13.7. The quantitative estimate of drug-likeness (QED) is 0.907. The Morgan fingerprint density at radius 2 is 2.05 bits per heavy atom. The molecule has 0 bridgehead atoms. The van der Waals surface area contributed by atoms with E-state index in [-0.39, 0.29) is 23.9 Å². The van der Waals surface area contributed by atoms with Gasteiger partial charge in [0.15, 0.2) is 0 Å². The standard InChI is InChI=1S/C16H18N2O2S/c17-13-10-20-9-12(13)16(19)18-15(14-7-4-8-21-14)11-5-2-1-3-6-11/h1-8,12-13,15H,9-10,17H2,(H,18,19). The van der Waals surface area contributed by atoms with Gasteiger partial charge in [-0.2, -0.15) is 0 Å². The zero-order valence-electron chi connectivity index (χ0n) is 11.6. The van der Waals surface area contributed by atoms with Crippen LogP contribution in [-0.4, -0.2) is 25.2 Å². The Morgan fingerprint density at radius 1 is 1.24 bits per heavy atom. The second-order valence-electron chi connectivity index (χ2n) is 5.18. The van der Waals surface area contributed by atoms with Gasteiger partial charge < -0.3 is 15.8 Å². The summed E-state index contributed by atoms with van der Waals surface area (Å²) in [5.74, 6) is -0.307. The van der Waals surface area contributed by atoms with Crippen LogP contribution in [0.4, 0.5) is 0 Å². The van der Waals surface area contributed by atoms with Gasteiger partial charge >= 0.3 is 0 Å². The predicted molar refractivity (Wildman–Crippen MR) is 83.0 cm³/mol. The minimum absolute atomic E-state index is 0.0396. The van der Waals surface area contributed by atoms with Crippen LogP contribution < -0.4 is 11.1 Å². The van der Waals surface area contributed by atoms with E-state index in [1.165, 1.54) is 0 Å². The number of carbonyl (C=O) groups excluding carboxylic acids is 1. The molecular formula is C16H18N2O2S. The monoisotopic (exact) mass is 302 g/mol. The van der Waals surface area contributed by atoms with Gasteiger partial charge in [-0.05, 0) is 17.0 Å². The molecule has 2 aromatic rings. The molecule has 0 saturated carbocycles. The Balaban J connectivity index is 1.82. The van der Waals surface area contributed by atoms with Crippen molar-refractivity contribution in [2.45, 2.75) is 12.1 Å². The first kappa shape index (κ1) is 14.3.